The predicted molar refractivity (Wildman–Crippen MR) is 106 cm³/mol. The topological polar surface area (TPSA) is 63.1 Å². The first-order chi connectivity index (χ1) is 12.1. The molecule has 0 saturated carbocycles. The highest BCUT2D eigenvalue weighted by Crippen LogP contribution is 2.22. The summed E-state index contributed by atoms with van der Waals surface area (Å²) >= 11 is 6.10. The Bertz CT molecular complexity index is 749. The zero-order chi connectivity index (χ0) is 17.8. The Morgan fingerprint density at radius 3 is 2.92 bits per heavy atom. The molecule has 1 fully saturated rings. The van der Waals surface area contributed by atoms with E-state index in [4.69, 9.17) is 11.6 Å². The fourth-order valence-corrected chi connectivity index (χ4v) is 3.55. The second kappa shape index (κ2) is 9.35. The van der Waals surface area contributed by atoms with Crippen LogP contribution in [0.4, 0.5) is 0 Å². The number of benzene rings is 1. The molecule has 26 heavy (non-hydrogen) atoms. The van der Waals surface area contributed by atoms with Gasteiger partial charge in [0.2, 0.25) is 0 Å². The van der Waals surface area contributed by atoms with E-state index < -0.39 is 0 Å². The highest BCUT2D eigenvalue weighted by molar-refractivity contribution is 6.30. The second-order valence-corrected chi connectivity index (χ2v) is 6.93. The number of nitrogens with one attached hydrogen (secondary N) is 1. The number of hydrogen-bond donors (Lipinski definition) is 1. The van der Waals surface area contributed by atoms with E-state index in [0.717, 1.165) is 50.3 Å². The number of rotatable bonds is 6. The molecule has 3 rings (SSSR count). The standard InChI is InChI=1S/C18H24ClN5O.ClH/c1-3-5-16-17(18(25)23-9-8-13(12-23)11-20-2)21-22-24(16)15-7-4-6-14(19)10-15;/h4,6-7,10,13,20H,3,5,8-9,11-12H2,1-2H3;1H. The summed E-state index contributed by atoms with van der Waals surface area (Å²) in [4.78, 5) is 14.9. The van der Waals surface area contributed by atoms with Gasteiger partial charge in [-0.15, -0.1) is 17.5 Å². The molecule has 0 bridgehead atoms. The molecule has 1 unspecified atom stereocenters. The van der Waals surface area contributed by atoms with Crippen LogP contribution in [0.2, 0.25) is 5.02 Å². The Kier molecular flexibility index (Phi) is 7.43. The van der Waals surface area contributed by atoms with Gasteiger partial charge in [0.1, 0.15) is 0 Å². The van der Waals surface area contributed by atoms with E-state index >= 15 is 0 Å². The number of nitrogens with zero attached hydrogens (tertiary/aromatic N) is 4. The molecule has 6 nitrogen and oxygen atoms in total. The molecule has 2 aromatic rings. The van der Waals surface area contributed by atoms with E-state index in [-0.39, 0.29) is 18.3 Å². The van der Waals surface area contributed by atoms with Crippen molar-refractivity contribution in [3.63, 3.8) is 0 Å². The Balaban J connectivity index is 0.00000243. The molecule has 1 amide bonds. The maximum Gasteiger partial charge on any atom is 0.276 e. The van der Waals surface area contributed by atoms with E-state index in [1.54, 1.807) is 4.68 Å². The van der Waals surface area contributed by atoms with Crippen molar-refractivity contribution in [2.24, 2.45) is 5.92 Å². The van der Waals surface area contributed by atoms with Crippen LogP contribution in [-0.2, 0) is 6.42 Å². The molecule has 0 spiro atoms. The lowest BCUT2D eigenvalue weighted by Gasteiger charge is -2.16. The molecule has 1 aliphatic heterocycles. The van der Waals surface area contributed by atoms with Crippen molar-refractivity contribution < 1.29 is 4.79 Å². The third kappa shape index (κ3) is 4.37. The third-order valence-electron chi connectivity index (χ3n) is 4.57. The van der Waals surface area contributed by atoms with Crippen molar-refractivity contribution in [2.45, 2.75) is 26.2 Å². The average Bonchev–Trinajstić information content (AvgIpc) is 3.22. The number of amides is 1. The minimum Gasteiger partial charge on any atom is -0.337 e. The van der Waals surface area contributed by atoms with Crippen LogP contribution in [0.5, 0.6) is 0 Å². The summed E-state index contributed by atoms with van der Waals surface area (Å²) in [5.41, 5.74) is 2.15. The minimum atomic E-state index is -0.0182. The summed E-state index contributed by atoms with van der Waals surface area (Å²) in [6.45, 7) is 4.57. The van der Waals surface area contributed by atoms with Crippen LogP contribution in [0.1, 0.15) is 35.9 Å². The third-order valence-corrected chi connectivity index (χ3v) is 4.81. The van der Waals surface area contributed by atoms with Crippen molar-refractivity contribution in [3.05, 3.63) is 40.7 Å². The molecule has 0 radical (unpaired) electrons. The number of halogens is 2. The number of carbonyl (C=O) groups excluding carboxylic acids is 1. The van der Waals surface area contributed by atoms with Gasteiger partial charge in [-0.05, 0) is 50.6 Å². The van der Waals surface area contributed by atoms with Crippen LogP contribution in [0, 0.1) is 5.92 Å². The van der Waals surface area contributed by atoms with Gasteiger partial charge in [-0.2, -0.15) is 0 Å². The second-order valence-electron chi connectivity index (χ2n) is 6.49. The quantitative estimate of drug-likeness (QED) is 0.813. The first-order valence-corrected chi connectivity index (χ1v) is 9.16. The van der Waals surface area contributed by atoms with Crippen LogP contribution in [-0.4, -0.2) is 52.5 Å². The van der Waals surface area contributed by atoms with Crippen molar-refractivity contribution in [3.8, 4) is 5.69 Å². The van der Waals surface area contributed by atoms with E-state index in [1.165, 1.54) is 0 Å². The van der Waals surface area contributed by atoms with Gasteiger partial charge in [0.25, 0.3) is 5.91 Å². The summed E-state index contributed by atoms with van der Waals surface area (Å²) in [5, 5.41) is 12.3. The fourth-order valence-electron chi connectivity index (χ4n) is 3.37. The predicted octanol–water partition coefficient (Wildman–Crippen LogP) is 2.98. The summed E-state index contributed by atoms with van der Waals surface area (Å²) < 4.78 is 1.74. The summed E-state index contributed by atoms with van der Waals surface area (Å²) in [6, 6.07) is 7.45. The van der Waals surface area contributed by atoms with Crippen LogP contribution in [0.3, 0.4) is 0 Å². The van der Waals surface area contributed by atoms with Gasteiger partial charge in [0, 0.05) is 18.1 Å². The van der Waals surface area contributed by atoms with Gasteiger partial charge in [0.05, 0.1) is 11.4 Å². The van der Waals surface area contributed by atoms with Crippen LogP contribution < -0.4 is 5.32 Å². The van der Waals surface area contributed by atoms with E-state index in [2.05, 4.69) is 22.6 Å². The molecule has 1 atom stereocenters. The largest absolute Gasteiger partial charge is 0.337 e. The monoisotopic (exact) mass is 397 g/mol. The molecule has 1 N–H and O–H groups in total. The van der Waals surface area contributed by atoms with E-state index in [0.29, 0.717) is 16.6 Å². The van der Waals surface area contributed by atoms with Gasteiger partial charge in [0.15, 0.2) is 5.69 Å². The van der Waals surface area contributed by atoms with Crippen molar-refractivity contribution >= 4 is 29.9 Å². The lowest BCUT2D eigenvalue weighted by atomic mass is 10.1. The summed E-state index contributed by atoms with van der Waals surface area (Å²) in [7, 11) is 1.94. The van der Waals surface area contributed by atoms with Crippen LogP contribution in [0.15, 0.2) is 24.3 Å². The molecule has 142 valence electrons. The molecule has 0 aliphatic carbocycles. The molecule has 1 aliphatic rings. The van der Waals surface area contributed by atoms with Gasteiger partial charge in [-0.3, -0.25) is 4.79 Å². The normalized spacial score (nSPS) is 16.6. The number of aromatic nitrogens is 3. The first kappa shape index (κ1) is 20.7. The molecule has 2 heterocycles. The maximum atomic E-state index is 13.0. The number of likely N-dealkylation sites (tertiary alicyclic amines) is 1. The average molecular weight is 398 g/mol. The highest BCUT2D eigenvalue weighted by atomic mass is 35.5. The van der Waals surface area contributed by atoms with Crippen LogP contribution in [0.25, 0.3) is 5.69 Å². The Hall–Kier alpha value is -1.63. The SMILES string of the molecule is CCCc1c(C(=O)N2CCC(CNC)C2)nnn1-c1cccc(Cl)c1.Cl. The Morgan fingerprint density at radius 2 is 2.23 bits per heavy atom. The van der Waals surface area contributed by atoms with Gasteiger partial charge in [-0.1, -0.05) is 36.2 Å². The summed E-state index contributed by atoms with van der Waals surface area (Å²) in [5.74, 6) is 0.488. The Morgan fingerprint density at radius 1 is 1.42 bits per heavy atom. The summed E-state index contributed by atoms with van der Waals surface area (Å²) in [6.07, 6.45) is 2.68. The minimum absolute atomic E-state index is 0. The van der Waals surface area contributed by atoms with Gasteiger partial charge in [-0.25, -0.2) is 4.68 Å². The zero-order valence-electron chi connectivity index (χ0n) is 15.1. The fraction of sp³-hybridized carbons (Fsp3) is 0.500. The Labute approximate surface area is 165 Å². The van der Waals surface area contributed by atoms with E-state index in [9.17, 15) is 4.79 Å². The molecular weight excluding hydrogens is 373 g/mol. The molecule has 1 saturated heterocycles. The molecule has 1 aromatic heterocycles. The van der Waals surface area contributed by atoms with Gasteiger partial charge < -0.3 is 10.2 Å². The maximum absolute atomic E-state index is 13.0. The number of hydrogen-bond acceptors (Lipinski definition) is 4. The van der Waals surface area contributed by atoms with Crippen molar-refractivity contribution in [1.82, 2.24) is 25.2 Å². The molecule has 8 heteroatoms. The first-order valence-electron chi connectivity index (χ1n) is 8.78. The van der Waals surface area contributed by atoms with Crippen molar-refractivity contribution in [1.29, 1.82) is 0 Å². The lowest BCUT2D eigenvalue weighted by molar-refractivity contribution is 0.0780. The smallest absolute Gasteiger partial charge is 0.276 e. The van der Waals surface area contributed by atoms with Crippen LogP contribution >= 0.6 is 24.0 Å². The highest BCUT2D eigenvalue weighted by Gasteiger charge is 2.30. The molecular formula is C18H25Cl2N5O. The molecule has 1 aromatic carbocycles. The zero-order valence-corrected chi connectivity index (χ0v) is 16.7. The van der Waals surface area contributed by atoms with Gasteiger partial charge >= 0.3 is 0 Å². The lowest BCUT2D eigenvalue weighted by Crippen LogP contribution is -2.31. The van der Waals surface area contributed by atoms with Crippen molar-refractivity contribution in [2.75, 3.05) is 26.7 Å². The van der Waals surface area contributed by atoms with E-state index in [1.807, 2.05) is 36.2 Å². The number of carbonyl (C=O) groups is 1.